The molecule has 5 nitrogen and oxygen atoms in total. The number of ether oxygens (including phenoxy) is 2. The van der Waals surface area contributed by atoms with Crippen LogP contribution in [-0.2, 0) is 0 Å². The molecule has 5 heteroatoms. The van der Waals surface area contributed by atoms with Crippen LogP contribution in [0.3, 0.4) is 0 Å². The number of benzene rings is 1. The maximum atomic E-state index is 5.36. The van der Waals surface area contributed by atoms with E-state index in [9.17, 15) is 0 Å². The van der Waals surface area contributed by atoms with Gasteiger partial charge in [-0.3, -0.25) is 5.10 Å². The summed E-state index contributed by atoms with van der Waals surface area (Å²) in [5.74, 6) is 2.34. The first-order valence-electron chi connectivity index (χ1n) is 5.80. The molecule has 0 saturated heterocycles. The predicted octanol–water partition coefficient (Wildman–Crippen LogP) is 2.53. The van der Waals surface area contributed by atoms with Crippen LogP contribution in [0.1, 0.15) is 6.92 Å². The van der Waals surface area contributed by atoms with E-state index in [0.717, 1.165) is 35.1 Å². The number of anilines is 1. The fourth-order valence-corrected chi connectivity index (χ4v) is 1.75. The van der Waals surface area contributed by atoms with Gasteiger partial charge in [-0.05, 0) is 19.1 Å². The van der Waals surface area contributed by atoms with Crippen molar-refractivity contribution in [3.63, 3.8) is 0 Å². The van der Waals surface area contributed by atoms with Gasteiger partial charge in [0.2, 0.25) is 0 Å². The molecule has 2 rings (SSSR count). The van der Waals surface area contributed by atoms with Gasteiger partial charge in [0.1, 0.15) is 17.3 Å². The first-order valence-corrected chi connectivity index (χ1v) is 5.80. The Labute approximate surface area is 106 Å². The molecule has 0 unspecified atom stereocenters. The van der Waals surface area contributed by atoms with Crippen LogP contribution in [0.5, 0.6) is 11.5 Å². The van der Waals surface area contributed by atoms with E-state index in [2.05, 4.69) is 15.5 Å². The van der Waals surface area contributed by atoms with E-state index in [0.29, 0.717) is 0 Å². The molecule has 0 spiro atoms. The summed E-state index contributed by atoms with van der Waals surface area (Å²) >= 11 is 0. The lowest BCUT2D eigenvalue weighted by atomic mass is 10.1. The Balaban J connectivity index is 2.36. The topological polar surface area (TPSA) is 59.2 Å². The lowest BCUT2D eigenvalue weighted by Gasteiger charge is -2.08. The number of aromatic nitrogens is 2. The van der Waals surface area contributed by atoms with Crippen molar-refractivity contribution < 1.29 is 9.47 Å². The largest absolute Gasteiger partial charge is 0.497 e. The lowest BCUT2D eigenvalue weighted by molar-refractivity contribution is 0.395. The first kappa shape index (κ1) is 12.3. The van der Waals surface area contributed by atoms with Crippen molar-refractivity contribution in [3.05, 3.63) is 24.3 Å². The van der Waals surface area contributed by atoms with Crippen LogP contribution in [0, 0.1) is 0 Å². The van der Waals surface area contributed by atoms with Gasteiger partial charge in [-0.25, -0.2) is 0 Å². The molecule has 1 aromatic carbocycles. The van der Waals surface area contributed by atoms with E-state index in [1.165, 1.54) is 0 Å². The van der Waals surface area contributed by atoms with Crippen LogP contribution in [-0.4, -0.2) is 31.0 Å². The molecule has 2 N–H and O–H groups in total. The van der Waals surface area contributed by atoms with Crippen LogP contribution in [0.25, 0.3) is 11.3 Å². The van der Waals surface area contributed by atoms with Crippen LogP contribution < -0.4 is 14.8 Å². The van der Waals surface area contributed by atoms with Gasteiger partial charge in [-0.2, -0.15) is 5.10 Å². The van der Waals surface area contributed by atoms with Crippen molar-refractivity contribution in [2.45, 2.75) is 6.92 Å². The summed E-state index contributed by atoms with van der Waals surface area (Å²) in [6, 6.07) is 7.64. The molecule has 0 atom stereocenters. The molecule has 0 aliphatic heterocycles. The third-order valence-electron chi connectivity index (χ3n) is 2.63. The number of nitrogens with zero attached hydrogens (tertiary/aromatic N) is 1. The normalized spacial score (nSPS) is 10.2. The molecule has 18 heavy (non-hydrogen) atoms. The monoisotopic (exact) mass is 247 g/mol. The molecule has 0 aliphatic carbocycles. The molecular weight excluding hydrogens is 230 g/mol. The van der Waals surface area contributed by atoms with Crippen LogP contribution >= 0.6 is 0 Å². The number of H-pyrrole nitrogens is 1. The Morgan fingerprint density at radius 2 is 2.06 bits per heavy atom. The van der Waals surface area contributed by atoms with Gasteiger partial charge in [0.05, 0.1) is 19.9 Å². The number of aromatic amines is 1. The van der Waals surface area contributed by atoms with Crippen LogP contribution in [0.15, 0.2) is 24.3 Å². The highest BCUT2D eigenvalue weighted by molar-refractivity contribution is 5.70. The van der Waals surface area contributed by atoms with Crippen molar-refractivity contribution in [1.29, 1.82) is 0 Å². The summed E-state index contributed by atoms with van der Waals surface area (Å²) in [6.07, 6.45) is 0. The Morgan fingerprint density at radius 3 is 2.72 bits per heavy atom. The molecule has 1 heterocycles. The second kappa shape index (κ2) is 5.44. The molecule has 0 radical (unpaired) electrons. The summed E-state index contributed by atoms with van der Waals surface area (Å²) in [5.41, 5.74) is 1.86. The number of rotatable bonds is 5. The van der Waals surface area contributed by atoms with Crippen LogP contribution in [0.4, 0.5) is 5.82 Å². The maximum absolute atomic E-state index is 5.36. The van der Waals surface area contributed by atoms with Gasteiger partial charge in [0.25, 0.3) is 0 Å². The number of hydrogen-bond acceptors (Lipinski definition) is 4. The molecule has 0 bridgehead atoms. The Kier molecular flexibility index (Phi) is 3.72. The predicted molar refractivity (Wildman–Crippen MR) is 71.3 cm³/mol. The van der Waals surface area contributed by atoms with Gasteiger partial charge >= 0.3 is 0 Å². The summed E-state index contributed by atoms with van der Waals surface area (Å²) in [5, 5.41) is 10.3. The van der Waals surface area contributed by atoms with E-state index >= 15 is 0 Å². The fraction of sp³-hybridized carbons (Fsp3) is 0.308. The van der Waals surface area contributed by atoms with Crippen molar-refractivity contribution >= 4 is 5.82 Å². The minimum atomic E-state index is 0.751. The van der Waals surface area contributed by atoms with E-state index in [-0.39, 0.29) is 0 Å². The number of nitrogens with one attached hydrogen (secondary N) is 2. The smallest absolute Gasteiger partial charge is 0.148 e. The molecule has 96 valence electrons. The second-order valence-corrected chi connectivity index (χ2v) is 3.76. The Bertz CT molecular complexity index is 523. The lowest BCUT2D eigenvalue weighted by Crippen LogP contribution is -1.95. The molecule has 0 aliphatic rings. The molecule has 0 amide bonds. The third kappa shape index (κ3) is 2.40. The minimum absolute atomic E-state index is 0.751. The SMILES string of the molecule is CCNc1cc(-c2ccc(OC)cc2OC)[nH]n1. The average Bonchev–Trinajstić information content (AvgIpc) is 2.87. The average molecular weight is 247 g/mol. The van der Waals surface area contributed by atoms with Crippen molar-refractivity contribution in [2.24, 2.45) is 0 Å². The van der Waals surface area contributed by atoms with Gasteiger partial charge in [-0.15, -0.1) is 0 Å². The zero-order valence-electron chi connectivity index (χ0n) is 10.8. The summed E-state index contributed by atoms with van der Waals surface area (Å²) in [6.45, 7) is 2.87. The van der Waals surface area contributed by atoms with Crippen molar-refractivity contribution in [1.82, 2.24) is 10.2 Å². The standard InChI is InChI=1S/C13H17N3O2/c1-4-14-13-8-11(15-16-13)10-6-5-9(17-2)7-12(10)18-3/h5-8H,4H2,1-3H3,(H2,14,15,16). The third-order valence-corrected chi connectivity index (χ3v) is 2.63. The summed E-state index contributed by atoms with van der Waals surface area (Å²) in [7, 11) is 3.27. The second-order valence-electron chi connectivity index (χ2n) is 3.76. The van der Waals surface area contributed by atoms with Crippen LogP contribution in [0.2, 0.25) is 0 Å². The zero-order valence-corrected chi connectivity index (χ0v) is 10.8. The van der Waals surface area contributed by atoms with Gasteiger partial charge in [-0.1, -0.05) is 0 Å². The Morgan fingerprint density at radius 1 is 1.22 bits per heavy atom. The molecule has 0 saturated carbocycles. The fourth-order valence-electron chi connectivity index (χ4n) is 1.75. The van der Waals surface area contributed by atoms with E-state index in [4.69, 9.17) is 9.47 Å². The highest BCUT2D eigenvalue weighted by Crippen LogP contribution is 2.32. The maximum Gasteiger partial charge on any atom is 0.148 e. The number of methoxy groups -OCH3 is 2. The summed E-state index contributed by atoms with van der Waals surface area (Å²) < 4.78 is 10.5. The quantitative estimate of drug-likeness (QED) is 0.852. The number of hydrogen-bond donors (Lipinski definition) is 2. The van der Waals surface area contributed by atoms with E-state index in [1.807, 2.05) is 31.2 Å². The molecular formula is C13H17N3O2. The zero-order chi connectivity index (χ0) is 13.0. The van der Waals surface area contributed by atoms with E-state index < -0.39 is 0 Å². The van der Waals surface area contributed by atoms with Crippen molar-refractivity contribution in [3.8, 4) is 22.8 Å². The summed E-state index contributed by atoms with van der Waals surface area (Å²) in [4.78, 5) is 0. The molecule has 1 aromatic heterocycles. The van der Waals surface area contributed by atoms with Gasteiger partial charge in [0.15, 0.2) is 0 Å². The first-order chi connectivity index (χ1) is 8.78. The van der Waals surface area contributed by atoms with Gasteiger partial charge < -0.3 is 14.8 Å². The highest BCUT2D eigenvalue weighted by Gasteiger charge is 2.10. The molecule has 2 aromatic rings. The van der Waals surface area contributed by atoms with Gasteiger partial charge in [0, 0.05) is 24.2 Å². The molecule has 0 fully saturated rings. The minimum Gasteiger partial charge on any atom is -0.497 e. The Hall–Kier alpha value is -2.17. The van der Waals surface area contributed by atoms with Crippen molar-refractivity contribution in [2.75, 3.05) is 26.1 Å². The highest BCUT2D eigenvalue weighted by atomic mass is 16.5. The van der Waals surface area contributed by atoms with E-state index in [1.54, 1.807) is 14.2 Å².